The van der Waals surface area contributed by atoms with Gasteiger partial charge in [0, 0.05) is 31.7 Å². The van der Waals surface area contributed by atoms with E-state index in [1.807, 2.05) is 19.9 Å². The van der Waals surface area contributed by atoms with Crippen molar-refractivity contribution < 1.29 is 19.8 Å². The van der Waals surface area contributed by atoms with E-state index in [1.54, 1.807) is 12.3 Å². The fraction of sp³-hybridized carbons (Fsp3) is 0.696. The van der Waals surface area contributed by atoms with E-state index in [9.17, 15) is 19.8 Å². The number of anilines is 2. The van der Waals surface area contributed by atoms with Crippen molar-refractivity contribution in [2.24, 2.45) is 5.41 Å². The van der Waals surface area contributed by atoms with Gasteiger partial charge in [0.05, 0.1) is 23.4 Å². The molecule has 1 atom stereocenters. The zero-order valence-corrected chi connectivity index (χ0v) is 18.5. The van der Waals surface area contributed by atoms with Crippen molar-refractivity contribution in [3.8, 4) is 0 Å². The largest absolute Gasteiger partial charge is 0.465 e. The highest BCUT2D eigenvalue weighted by Crippen LogP contribution is 2.43. The van der Waals surface area contributed by atoms with E-state index < -0.39 is 6.09 Å². The van der Waals surface area contributed by atoms with Crippen LogP contribution in [0.2, 0.25) is 0 Å². The molecule has 8 nitrogen and oxygen atoms in total. The lowest BCUT2D eigenvalue weighted by Crippen LogP contribution is -2.50. The predicted octanol–water partition coefficient (Wildman–Crippen LogP) is 3.10. The van der Waals surface area contributed by atoms with Crippen LogP contribution < -0.4 is 9.80 Å². The molecule has 0 aromatic carbocycles. The van der Waals surface area contributed by atoms with Crippen molar-refractivity contribution in [1.29, 1.82) is 0 Å². The maximum Gasteiger partial charge on any atom is 0.412 e. The molecule has 2 amide bonds. The van der Waals surface area contributed by atoms with Crippen molar-refractivity contribution in [1.82, 2.24) is 9.88 Å². The third-order valence-electron chi connectivity index (χ3n) is 7.29. The minimum atomic E-state index is -0.992. The van der Waals surface area contributed by atoms with Crippen molar-refractivity contribution >= 4 is 23.5 Å². The second kappa shape index (κ2) is 8.65. The summed E-state index contributed by atoms with van der Waals surface area (Å²) in [5, 5.41) is 19.3. The van der Waals surface area contributed by atoms with Crippen LogP contribution >= 0.6 is 0 Å². The highest BCUT2D eigenvalue weighted by molar-refractivity contribution is 5.87. The number of aliphatic hydroxyl groups excluding tert-OH is 1. The summed E-state index contributed by atoms with van der Waals surface area (Å²) in [7, 11) is 0. The van der Waals surface area contributed by atoms with Gasteiger partial charge in [0.1, 0.15) is 5.82 Å². The molecule has 8 heteroatoms. The Morgan fingerprint density at radius 3 is 2.55 bits per heavy atom. The Kier molecular flexibility index (Phi) is 6.10. The zero-order valence-electron chi connectivity index (χ0n) is 18.5. The molecule has 0 unspecified atom stereocenters. The molecule has 1 aromatic heterocycles. The summed E-state index contributed by atoms with van der Waals surface area (Å²) in [6.45, 7) is 5.99. The second-order valence-electron chi connectivity index (χ2n) is 9.64. The van der Waals surface area contributed by atoms with Crippen LogP contribution in [0.3, 0.4) is 0 Å². The molecule has 0 radical (unpaired) electrons. The lowest BCUT2D eigenvalue weighted by molar-refractivity contribution is -0.139. The lowest BCUT2D eigenvalue weighted by atomic mass is 9.78. The quantitative estimate of drug-likeness (QED) is 0.762. The molecule has 3 heterocycles. The maximum atomic E-state index is 13.5. The fourth-order valence-electron chi connectivity index (χ4n) is 5.61. The van der Waals surface area contributed by atoms with Crippen molar-refractivity contribution in [2.45, 2.75) is 77.0 Å². The Morgan fingerprint density at radius 1 is 1.19 bits per heavy atom. The summed E-state index contributed by atoms with van der Waals surface area (Å²) in [6.07, 6.45) is 6.49. The minimum Gasteiger partial charge on any atom is -0.465 e. The molecular formula is C23H34N4O4. The minimum absolute atomic E-state index is 0.175. The van der Waals surface area contributed by atoms with Crippen LogP contribution in [0, 0.1) is 5.41 Å². The maximum absolute atomic E-state index is 13.5. The number of aromatic nitrogens is 1. The smallest absolute Gasteiger partial charge is 0.412 e. The number of nitrogens with zero attached hydrogens (tertiary/aromatic N) is 4. The van der Waals surface area contributed by atoms with Crippen LogP contribution in [-0.2, 0) is 4.79 Å². The number of hydrogen-bond acceptors (Lipinski definition) is 5. The number of piperidine rings is 1. The van der Waals surface area contributed by atoms with Crippen LogP contribution in [0.4, 0.5) is 16.3 Å². The Morgan fingerprint density at radius 2 is 1.94 bits per heavy atom. The summed E-state index contributed by atoms with van der Waals surface area (Å²) in [5.74, 6) is 1.07. The normalized spacial score (nSPS) is 29.1. The molecule has 1 aliphatic carbocycles. The first-order valence-corrected chi connectivity index (χ1v) is 11.5. The van der Waals surface area contributed by atoms with Crippen LogP contribution in [-0.4, -0.2) is 69.9 Å². The van der Waals surface area contributed by atoms with E-state index in [4.69, 9.17) is 0 Å². The average molecular weight is 431 g/mol. The van der Waals surface area contributed by atoms with Gasteiger partial charge in [0.15, 0.2) is 0 Å². The monoisotopic (exact) mass is 430 g/mol. The number of carboxylic acid groups (broad SMARTS) is 1. The molecule has 3 fully saturated rings. The number of aliphatic hydroxyl groups is 1. The molecule has 31 heavy (non-hydrogen) atoms. The summed E-state index contributed by atoms with van der Waals surface area (Å²) >= 11 is 0. The Balaban J connectivity index is 1.46. The van der Waals surface area contributed by atoms with Gasteiger partial charge in [-0.25, -0.2) is 9.78 Å². The number of carbonyl (C=O) groups excluding carboxylic acids is 1. The average Bonchev–Trinajstić information content (AvgIpc) is 3.04. The van der Waals surface area contributed by atoms with Gasteiger partial charge in [-0.15, -0.1) is 0 Å². The van der Waals surface area contributed by atoms with E-state index in [2.05, 4.69) is 14.8 Å². The van der Waals surface area contributed by atoms with Gasteiger partial charge >= 0.3 is 6.09 Å². The zero-order chi connectivity index (χ0) is 22.2. The summed E-state index contributed by atoms with van der Waals surface area (Å²) in [5.41, 5.74) is 0.209. The molecule has 2 N–H and O–H groups in total. The molecule has 2 aliphatic heterocycles. The molecular weight excluding hydrogens is 396 g/mol. The van der Waals surface area contributed by atoms with E-state index in [0.29, 0.717) is 12.2 Å². The van der Waals surface area contributed by atoms with E-state index in [0.717, 1.165) is 63.9 Å². The van der Waals surface area contributed by atoms with Crippen molar-refractivity contribution in [3.63, 3.8) is 0 Å². The van der Waals surface area contributed by atoms with Crippen molar-refractivity contribution in [3.05, 3.63) is 18.3 Å². The molecule has 1 aromatic rings. The van der Waals surface area contributed by atoms with Gasteiger partial charge in [0.25, 0.3) is 0 Å². The molecule has 1 spiro atoms. The molecule has 3 aliphatic rings. The Hall–Kier alpha value is -2.35. The highest BCUT2D eigenvalue weighted by Gasteiger charge is 2.50. The number of amides is 2. The number of pyridine rings is 1. The standard InChI is InChI=1S/C23H34N4O4/c1-16(2)27(22(30)31)18-6-9-20(24-14-18)25-12-3-10-23(15-25)11-13-26(21(23)29)17-4-7-19(28)8-5-17/h6,9,14,16-17,19,28H,3-5,7-8,10-13,15H2,1-2H3,(H,30,31)/t17?,19?,23-/m0/s1. The van der Waals surface area contributed by atoms with Gasteiger partial charge < -0.3 is 20.0 Å². The van der Waals surface area contributed by atoms with Gasteiger partial charge in [-0.3, -0.25) is 9.69 Å². The van der Waals surface area contributed by atoms with Crippen molar-refractivity contribution in [2.75, 3.05) is 29.4 Å². The van der Waals surface area contributed by atoms with Gasteiger partial charge in [0.2, 0.25) is 5.91 Å². The predicted molar refractivity (Wildman–Crippen MR) is 118 cm³/mol. The van der Waals surface area contributed by atoms with E-state index in [-0.39, 0.29) is 29.5 Å². The first-order valence-electron chi connectivity index (χ1n) is 11.5. The summed E-state index contributed by atoms with van der Waals surface area (Å²) in [6, 6.07) is 3.76. The van der Waals surface area contributed by atoms with Gasteiger partial charge in [-0.2, -0.15) is 0 Å². The Labute approximate surface area is 183 Å². The number of likely N-dealkylation sites (tertiary alicyclic amines) is 1. The topological polar surface area (TPSA) is 97.2 Å². The molecule has 170 valence electrons. The Bertz CT molecular complexity index is 806. The van der Waals surface area contributed by atoms with Gasteiger partial charge in [-0.05, 0) is 70.9 Å². The third kappa shape index (κ3) is 4.22. The first-order chi connectivity index (χ1) is 14.8. The highest BCUT2D eigenvalue weighted by atomic mass is 16.4. The number of carbonyl (C=O) groups is 2. The number of rotatable bonds is 4. The first kappa shape index (κ1) is 21.9. The van der Waals surface area contributed by atoms with Crippen LogP contribution in [0.1, 0.15) is 58.8 Å². The second-order valence-corrected chi connectivity index (χ2v) is 9.64. The molecule has 4 rings (SSSR count). The number of hydrogen-bond donors (Lipinski definition) is 2. The van der Waals surface area contributed by atoms with Gasteiger partial charge in [-0.1, -0.05) is 0 Å². The van der Waals surface area contributed by atoms with Crippen LogP contribution in [0.25, 0.3) is 0 Å². The summed E-state index contributed by atoms with van der Waals surface area (Å²) in [4.78, 5) is 35.1. The van der Waals surface area contributed by atoms with E-state index in [1.165, 1.54) is 4.90 Å². The van der Waals surface area contributed by atoms with E-state index >= 15 is 0 Å². The van der Waals surface area contributed by atoms with Crippen LogP contribution in [0.5, 0.6) is 0 Å². The third-order valence-corrected chi connectivity index (χ3v) is 7.29. The fourth-order valence-corrected chi connectivity index (χ4v) is 5.61. The molecule has 0 bridgehead atoms. The molecule has 2 saturated heterocycles. The molecule has 1 saturated carbocycles. The SMILES string of the molecule is CC(C)N(C(=O)O)c1ccc(N2CCC[C@]3(CCN(C4CCC(O)CC4)C3=O)C2)nc1. The lowest BCUT2D eigenvalue weighted by Gasteiger charge is -2.41. The van der Waals surface area contributed by atoms with Crippen LogP contribution in [0.15, 0.2) is 18.3 Å². The summed E-state index contributed by atoms with van der Waals surface area (Å²) < 4.78 is 0.